The second-order valence-corrected chi connectivity index (χ2v) is 3.07. The standard InChI is InChI=1S/C6H13OS/c1-5(2)6(3)4-8-7/h5-6H,4H2,1-3H3/q+1. The Balaban J connectivity index is 3.30. The van der Waals surface area contributed by atoms with Crippen LogP contribution < -0.4 is 0 Å². The predicted molar refractivity (Wildman–Crippen MR) is 36.9 cm³/mol. The zero-order chi connectivity index (χ0) is 6.57. The van der Waals surface area contributed by atoms with Gasteiger partial charge in [-0.2, -0.15) is 0 Å². The summed E-state index contributed by atoms with van der Waals surface area (Å²) in [4.78, 5) is 0. The van der Waals surface area contributed by atoms with Crippen molar-refractivity contribution in [2.45, 2.75) is 20.8 Å². The van der Waals surface area contributed by atoms with Crippen molar-refractivity contribution in [3.63, 3.8) is 0 Å². The first kappa shape index (κ1) is 8.02. The molecule has 0 amide bonds. The van der Waals surface area contributed by atoms with Gasteiger partial charge in [0.1, 0.15) is 0 Å². The van der Waals surface area contributed by atoms with Gasteiger partial charge in [0.15, 0.2) is 0 Å². The van der Waals surface area contributed by atoms with Crippen molar-refractivity contribution in [3.05, 3.63) is 0 Å². The van der Waals surface area contributed by atoms with Crippen LogP contribution in [0.25, 0.3) is 0 Å². The molecule has 48 valence electrons. The van der Waals surface area contributed by atoms with E-state index in [1.165, 1.54) is 0 Å². The first-order valence-electron chi connectivity index (χ1n) is 2.93. The minimum absolute atomic E-state index is 0.567. The second-order valence-electron chi connectivity index (χ2n) is 2.51. The average Bonchev–Trinajstić information content (AvgIpc) is 1.67. The third kappa shape index (κ3) is 3.08. The van der Waals surface area contributed by atoms with Crippen molar-refractivity contribution in [2.24, 2.45) is 11.8 Å². The minimum Gasteiger partial charge on any atom is -0.0623 e. The Labute approximate surface area is 55.0 Å². The highest BCUT2D eigenvalue weighted by atomic mass is 32.1. The largest absolute Gasteiger partial charge is 0.458 e. The maximum atomic E-state index is 9.96. The molecule has 0 aliphatic rings. The average molecular weight is 133 g/mol. The van der Waals surface area contributed by atoms with Crippen LogP contribution in [0.15, 0.2) is 0 Å². The van der Waals surface area contributed by atoms with Crippen LogP contribution >= 0.6 is 0 Å². The Hall–Kier alpha value is 0.0200. The molecule has 0 fully saturated rings. The zero-order valence-electron chi connectivity index (χ0n) is 5.68. The van der Waals surface area contributed by atoms with Crippen molar-refractivity contribution < 1.29 is 4.21 Å². The van der Waals surface area contributed by atoms with E-state index in [2.05, 4.69) is 20.8 Å². The van der Waals surface area contributed by atoms with Gasteiger partial charge in [-0.3, -0.25) is 0 Å². The van der Waals surface area contributed by atoms with Crippen LogP contribution in [0.5, 0.6) is 0 Å². The summed E-state index contributed by atoms with van der Waals surface area (Å²) >= 11 is 0.688. The molecule has 0 saturated carbocycles. The Bertz CT molecular complexity index is 70.9. The minimum atomic E-state index is 0.567. The molecular weight excluding hydrogens is 120 g/mol. The third-order valence-corrected chi connectivity index (χ3v) is 2.13. The van der Waals surface area contributed by atoms with Crippen LogP contribution in [0, 0.1) is 11.8 Å². The molecule has 8 heavy (non-hydrogen) atoms. The number of hydrogen-bond donors (Lipinski definition) is 0. The molecule has 1 nitrogen and oxygen atoms in total. The molecule has 0 aliphatic heterocycles. The van der Waals surface area contributed by atoms with E-state index >= 15 is 0 Å². The first-order chi connectivity index (χ1) is 3.68. The molecule has 0 rings (SSSR count). The molecule has 0 aromatic rings. The van der Waals surface area contributed by atoms with Gasteiger partial charge in [0.25, 0.3) is 0 Å². The Morgan fingerprint density at radius 2 is 1.88 bits per heavy atom. The van der Waals surface area contributed by atoms with Gasteiger partial charge in [-0.05, 0) is 5.92 Å². The van der Waals surface area contributed by atoms with E-state index < -0.39 is 0 Å². The van der Waals surface area contributed by atoms with E-state index in [0.29, 0.717) is 23.5 Å². The highest BCUT2D eigenvalue weighted by Gasteiger charge is 2.12. The molecule has 1 unspecified atom stereocenters. The Kier molecular flexibility index (Phi) is 3.97. The second kappa shape index (κ2) is 3.96. The fraction of sp³-hybridized carbons (Fsp3) is 1.00. The SMILES string of the molecule is CC(C)C(C)C[S+]=O. The molecule has 1 atom stereocenters. The molecule has 0 spiro atoms. The maximum absolute atomic E-state index is 9.96. The van der Waals surface area contributed by atoms with Gasteiger partial charge in [0, 0.05) is 10.1 Å². The molecule has 0 radical (unpaired) electrons. The fourth-order valence-corrected chi connectivity index (χ4v) is 0.899. The van der Waals surface area contributed by atoms with Gasteiger partial charge >= 0.3 is 11.7 Å². The van der Waals surface area contributed by atoms with E-state index in [0.717, 1.165) is 5.75 Å². The zero-order valence-corrected chi connectivity index (χ0v) is 6.49. The maximum Gasteiger partial charge on any atom is 0.458 e. The number of hydrogen-bond acceptors (Lipinski definition) is 1. The smallest absolute Gasteiger partial charge is 0.0623 e. The predicted octanol–water partition coefficient (Wildman–Crippen LogP) is 1.71. The van der Waals surface area contributed by atoms with E-state index in [1.807, 2.05) is 0 Å². The van der Waals surface area contributed by atoms with E-state index in [-0.39, 0.29) is 0 Å². The summed E-state index contributed by atoms with van der Waals surface area (Å²) in [6, 6.07) is 0. The lowest BCUT2D eigenvalue weighted by Gasteiger charge is -2.04. The Morgan fingerprint density at radius 1 is 1.38 bits per heavy atom. The van der Waals surface area contributed by atoms with E-state index in [4.69, 9.17) is 0 Å². The van der Waals surface area contributed by atoms with Crippen LogP contribution in [0.2, 0.25) is 0 Å². The lowest BCUT2D eigenvalue weighted by atomic mass is 10.0. The summed E-state index contributed by atoms with van der Waals surface area (Å²) in [5, 5.41) is 0. The molecule has 0 aliphatic carbocycles. The molecule has 0 N–H and O–H groups in total. The summed E-state index contributed by atoms with van der Waals surface area (Å²) in [7, 11) is 0. The highest BCUT2D eigenvalue weighted by Crippen LogP contribution is 2.07. The molecule has 0 aromatic carbocycles. The van der Waals surface area contributed by atoms with Crippen LogP contribution in [-0.2, 0) is 15.9 Å². The first-order valence-corrected chi connectivity index (χ1v) is 3.84. The van der Waals surface area contributed by atoms with Crippen molar-refractivity contribution in [2.75, 3.05) is 5.75 Å². The van der Waals surface area contributed by atoms with Gasteiger partial charge < -0.3 is 0 Å². The lowest BCUT2D eigenvalue weighted by molar-refractivity contribution is 0.460. The van der Waals surface area contributed by atoms with Gasteiger partial charge in [-0.25, -0.2) is 0 Å². The monoisotopic (exact) mass is 133 g/mol. The summed E-state index contributed by atoms with van der Waals surface area (Å²) in [6.45, 7) is 6.39. The van der Waals surface area contributed by atoms with Gasteiger partial charge in [-0.15, -0.1) is 0 Å². The summed E-state index contributed by atoms with van der Waals surface area (Å²) in [5.74, 6) is 1.96. The molecule has 0 bridgehead atoms. The van der Waals surface area contributed by atoms with Crippen molar-refractivity contribution >= 4 is 11.7 Å². The van der Waals surface area contributed by atoms with Crippen molar-refractivity contribution in [3.8, 4) is 0 Å². The van der Waals surface area contributed by atoms with Crippen LogP contribution in [0.4, 0.5) is 0 Å². The van der Waals surface area contributed by atoms with E-state index in [9.17, 15) is 4.21 Å². The fourth-order valence-electron chi connectivity index (χ4n) is 0.300. The topological polar surface area (TPSA) is 17.1 Å². The lowest BCUT2D eigenvalue weighted by Crippen LogP contribution is -2.07. The molecular formula is C6H13OS+. The van der Waals surface area contributed by atoms with Crippen LogP contribution in [-0.4, -0.2) is 5.75 Å². The Morgan fingerprint density at radius 3 is 2.00 bits per heavy atom. The summed E-state index contributed by atoms with van der Waals surface area (Å²) in [5.41, 5.74) is 0. The quantitative estimate of drug-likeness (QED) is 0.536. The molecule has 2 heteroatoms. The van der Waals surface area contributed by atoms with Crippen LogP contribution in [0.1, 0.15) is 20.8 Å². The molecule has 0 heterocycles. The van der Waals surface area contributed by atoms with E-state index in [1.54, 1.807) is 0 Å². The van der Waals surface area contributed by atoms with Gasteiger partial charge in [0.2, 0.25) is 5.75 Å². The van der Waals surface area contributed by atoms with Crippen LogP contribution in [0.3, 0.4) is 0 Å². The normalized spacial score (nSPS) is 14.0. The molecule has 0 saturated heterocycles. The summed E-state index contributed by atoms with van der Waals surface area (Å²) < 4.78 is 9.96. The molecule has 0 aromatic heterocycles. The number of rotatable bonds is 3. The van der Waals surface area contributed by atoms with Gasteiger partial charge in [0.05, 0.1) is 0 Å². The highest BCUT2D eigenvalue weighted by molar-refractivity contribution is 7.65. The summed E-state index contributed by atoms with van der Waals surface area (Å²) in [6.07, 6.45) is 0. The van der Waals surface area contributed by atoms with Gasteiger partial charge in [-0.1, -0.05) is 20.8 Å². The third-order valence-electron chi connectivity index (χ3n) is 1.47. The van der Waals surface area contributed by atoms with Crippen molar-refractivity contribution in [1.82, 2.24) is 0 Å². The van der Waals surface area contributed by atoms with Crippen molar-refractivity contribution in [1.29, 1.82) is 0 Å².